The first-order chi connectivity index (χ1) is 7.11. The number of carbonyl (C=O) groups is 1. The van der Waals surface area contributed by atoms with Crippen LogP contribution in [-0.2, 0) is 7.05 Å². The molecule has 0 atom stereocenters. The van der Waals surface area contributed by atoms with Gasteiger partial charge < -0.3 is 5.73 Å². The number of nitrogens with two attached hydrogens (primary N) is 1. The van der Waals surface area contributed by atoms with E-state index in [4.69, 9.17) is 5.73 Å². The van der Waals surface area contributed by atoms with Crippen molar-refractivity contribution in [3.05, 3.63) is 28.1 Å². The number of aryl methyl sites for hydroxylation is 1. The second kappa shape index (κ2) is 3.50. The molecule has 2 rings (SSSR count). The van der Waals surface area contributed by atoms with E-state index >= 15 is 0 Å². The van der Waals surface area contributed by atoms with Crippen molar-refractivity contribution in [1.29, 1.82) is 0 Å². The van der Waals surface area contributed by atoms with Gasteiger partial charge in [0.05, 0.1) is 22.4 Å². The van der Waals surface area contributed by atoms with E-state index < -0.39 is 0 Å². The van der Waals surface area contributed by atoms with Crippen molar-refractivity contribution >= 4 is 27.5 Å². The molecule has 0 bridgehead atoms. The van der Waals surface area contributed by atoms with Crippen molar-refractivity contribution in [2.24, 2.45) is 7.05 Å². The Hall–Kier alpha value is -1.63. The number of hydrogen-bond acceptors (Lipinski definition) is 4. The molecule has 0 unspecified atom stereocenters. The molecule has 7 heteroatoms. The third-order valence-electron chi connectivity index (χ3n) is 2.02. The van der Waals surface area contributed by atoms with Gasteiger partial charge in [0.1, 0.15) is 11.5 Å². The third-order valence-corrected chi connectivity index (χ3v) is 2.60. The first-order valence-electron chi connectivity index (χ1n) is 4.12. The molecule has 3 N–H and O–H groups in total. The summed E-state index contributed by atoms with van der Waals surface area (Å²) in [4.78, 5) is 12.0. The van der Waals surface area contributed by atoms with Gasteiger partial charge in [-0.3, -0.25) is 14.6 Å². The van der Waals surface area contributed by atoms with E-state index in [0.717, 1.165) is 0 Å². The normalized spacial score (nSPS) is 10.5. The number of aromatic nitrogens is 4. The van der Waals surface area contributed by atoms with Crippen LogP contribution in [0.2, 0.25) is 0 Å². The molecule has 0 saturated carbocycles. The zero-order valence-corrected chi connectivity index (χ0v) is 9.45. The summed E-state index contributed by atoms with van der Waals surface area (Å²) in [6, 6.07) is 0. The van der Waals surface area contributed by atoms with Crippen molar-refractivity contribution < 1.29 is 4.79 Å². The Kier molecular flexibility index (Phi) is 2.31. The summed E-state index contributed by atoms with van der Waals surface area (Å²) in [7, 11) is 1.69. The van der Waals surface area contributed by atoms with Crippen LogP contribution in [0.25, 0.3) is 0 Å². The summed E-state index contributed by atoms with van der Waals surface area (Å²) < 4.78 is 2.12. The van der Waals surface area contributed by atoms with Gasteiger partial charge in [0.15, 0.2) is 0 Å². The van der Waals surface area contributed by atoms with Crippen LogP contribution in [0.3, 0.4) is 0 Å². The number of nitrogens with zero attached hydrogens (tertiary/aromatic N) is 3. The molecular formula is C8H8BrN5O. The van der Waals surface area contributed by atoms with Gasteiger partial charge in [0.2, 0.25) is 5.78 Å². The summed E-state index contributed by atoms with van der Waals surface area (Å²) >= 11 is 3.25. The number of carbonyl (C=O) groups excluding carboxylic acids is 1. The fourth-order valence-corrected chi connectivity index (χ4v) is 1.80. The number of nitrogens with one attached hydrogen (secondary N) is 1. The van der Waals surface area contributed by atoms with E-state index in [9.17, 15) is 4.79 Å². The fraction of sp³-hybridized carbons (Fsp3) is 0.125. The monoisotopic (exact) mass is 269 g/mol. The predicted molar refractivity (Wildman–Crippen MR) is 57.3 cm³/mol. The Labute approximate surface area is 93.6 Å². The molecule has 0 aliphatic heterocycles. The number of anilines is 1. The maximum absolute atomic E-state index is 12.0. The Morgan fingerprint density at radius 3 is 2.80 bits per heavy atom. The Morgan fingerprint density at radius 1 is 1.60 bits per heavy atom. The lowest BCUT2D eigenvalue weighted by atomic mass is 10.1. The average molecular weight is 270 g/mol. The van der Waals surface area contributed by atoms with E-state index in [2.05, 4.69) is 31.2 Å². The molecular weight excluding hydrogens is 262 g/mol. The highest BCUT2D eigenvalue weighted by atomic mass is 79.9. The van der Waals surface area contributed by atoms with Crippen LogP contribution in [0.15, 0.2) is 16.9 Å². The van der Waals surface area contributed by atoms with E-state index in [-0.39, 0.29) is 11.6 Å². The molecule has 0 radical (unpaired) electrons. The molecule has 0 saturated heterocycles. The molecule has 0 amide bonds. The summed E-state index contributed by atoms with van der Waals surface area (Å²) in [6.07, 6.45) is 2.96. The summed E-state index contributed by atoms with van der Waals surface area (Å²) in [5.41, 5.74) is 6.36. The van der Waals surface area contributed by atoms with Gasteiger partial charge in [-0.1, -0.05) is 0 Å². The SMILES string of the molecule is Cn1ncc(Br)c1C(=O)c1cn[nH]c1N. The van der Waals surface area contributed by atoms with Crippen LogP contribution < -0.4 is 5.73 Å². The van der Waals surface area contributed by atoms with Gasteiger partial charge in [0, 0.05) is 7.05 Å². The van der Waals surface area contributed by atoms with Crippen LogP contribution in [0.5, 0.6) is 0 Å². The van der Waals surface area contributed by atoms with Crippen molar-refractivity contribution in [3.63, 3.8) is 0 Å². The van der Waals surface area contributed by atoms with Crippen molar-refractivity contribution in [2.45, 2.75) is 0 Å². The lowest BCUT2D eigenvalue weighted by Crippen LogP contribution is -2.10. The van der Waals surface area contributed by atoms with E-state index in [1.807, 2.05) is 0 Å². The zero-order valence-electron chi connectivity index (χ0n) is 7.86. The molecule has 2 heterocycles. The Bertz CT molecular complexity index is 495. The van der Waals surface area contributed by atoms with Crippen molar-refractivity contribution in [3.8, 4) is 0 Å². The number of ketones is 1. The highest BCUT2D eigenvalue weighted by Crippen LogP contribution is 2.20. The molecule has 0 aliphatic carbocycles. The number of aromatic amines is 1. The lowest BCUT2D eigenvalue weighted by molar-refractivity contribution is 0.103. The maximum Gasteiger partial charge on any atom is 0.217 e. The lowest BCUT2D eigenvalue weighted by Gasteiger charge is -2.00. The topological polar surface area (TPSA) is 89.6 Å². The van der Waals surface area contributed by atoms with Gasteiger partial charge in [0.25, 0.3) is 0 Å². The first-order valence-corrected chi connectivity index (χ1v) is 4.91. The number of halogens is 1. The minimum absolute atomic E-state index is 0.215. The maximum atomic E-state index is 12.0. The smallest absolute Gasteiger partial charge is 0.217 e. The van der Waals surface area contributed by atoms with Crippen LogP contribution in [0.4, 0.5) is 5.82 Å². The average Bonchev–Trinajstić information content (AvgIpc) is 2.73. The van der Waals surface area contributed by atoms with E-state index in [1.165, 1.54) is 10.9 Å². The highest BCUT2D eigenvalue weighted by molar-refractivity contribution is 9.10. The molecule has 6 nitrogen and oxygen atoms in total. The number of hydrogen-bond donors (Lipinski definition) is 2. The standard InChI is InChI=1S/C8H8BrN5O/c1-14-6(5(9)3-12-14)7(15)4-2-11-13-8(4)10/h2-3H,1H3,(H3,10,11,13). The minimum atomic E-state index is -0.215. The molecule has 0 aromatic carbocycles. The fourth-order valence-electron chi connectivity index (χ4n) is 1.27. The number of nitrogen functional groups attached to an aromatic ring is 1. The largest absolute Gasteiger partial charge is 0.383 e. The zero-order chi connectivity index (χ0) is 11.0. The van der Waals surface area contributed by atoms with Crippen LogP contribution >= 0.6 is 15.9 Å². The van der Waals surface area contributed by atoms with Gasteiger partial charge in [-0.15, -0.1) is 0 Å². The van der Waals surface area contributed by atoms with Crippen molar-refractivity contribution in [2.75, 3.05) is 5.73 Å². The molecule has 0 fully saturated rings. The quantitative estimate of drug-likeness (QED) is 0.787. The summed E-state index contributed by atoms with van der Waals surface area (Å²) in [5, 5.41) is 10.2. The first kappa shape index (κ1) is 9.91. The second-order valence-electron chi connectivity index (χ2n) is 2.99. The molecule has 0 aliphatic rings. The number of H-pyrrole nitrogens is 1. The minimum Gasteiger partial charge on any atom is -0.383 e. The predicted octanol–water partition coefficient (Wildman–Crippen LogP) is 0.719. The number of rotatable bonds is 2. The third kappa shape index (κ3) is 1.54. The van der Waals surface area contributed by atoms with Crippen molar-refractivity contribution in [1.82, 2.24) is 20.0 Å². The van der Waals surface area contributed by atoms with Gasteiger partial charge in [-0.05, 0) is 15.9 Å². The van der Waals surface area contributed by atoms with Crippen LogP contribution in [0, 0.1) is 0 Å². The van der Waals surface area contributed by atoms with Gasteiger partial charge in [-0.25, -0.2) is 0 Å². The Balaban J connectivity index is 2.50. The Morgan fingerprint density at radius 2 is 2.33 bits per heavy atom. The highest BCUT2D eigenvalue weighted by Gasteiger charge is 2.20. The molecule has 0 spiro atoms. The van der Waals surface area contributed by atoms with Crippen LogP contribution in [0.1, 0.15) is 16.1 Å². The summed E-state index contributed by atoms with van der Waals surface area (Å²) in [6.45, 7) is 0. The van der Waals surface area contributed by atoms with Crippen LogP contribution in [-0.4, -0.2) is 25.8 Å². The second-order valence-corrected chi connectivity index (χ2v) is 3.85. The molecule has 2 aromatic rings. The van der Waals surface area contributed by atoms with Gasteiger partial charge in [-0.2, -0.15) is 10.2 Å². The van der Waals surface area contributed by atoms with E-state index in [1.54, 1.807) is 13.2 Å². The molecule has 2 aromatic heterocycles. The molecule has 15 heavy (non-hydrogen) atoms. The van der Waals surface area contributed by atoms with E-state index in [0.29, 0.717) is 15.7 Å². The summed E-state index contributed by atoms with van der Waals surface area (Å²) in [5.74, 6) is 0.0428. The van der Waals surface area contributed by atoms with Gasteiger partial charge >= 0.3 is 0 Å². The molecule has 78 valence electrons.